The average Bonchev–Trinajstić information content (AvgIpc) is 3.24. The van der Waals surface area contributed by atoms with Crippen molar-refractivity contribution in [3.63, 3.8) is 0 Å². The van der Waals surface area contributed by atoms with Crippen molar-refractivity contribution in [3.05, 3.63) is 78.1 Å². The van der Waals surface area contributed by atoms with Gasteiger partial charge in [0.1, 0.15) is 35.3 Å². The molecule has 0 aliphatic carbocycles. The van der Waals surface area contributed by atoms with Crippen LogP contribution in [0.15, 0.2) is 60.9 Å². The van der Waals surface area contributed by atoms with Gasteiger partial charge in [-0.1, -0.05) is 12.1 Å². The largest absolute Gasteiger partial charge is 0.494 e. The maximum Gasteiger partial charge on any atom is 0.137 e. The topological polar surface area (TPSA) is 80.0 Å². The molecule has 0 radical (unpaired) electrons. The highest BCUT2D eigenvalue weighted by Gasteiger charge is 2.42. The Bertz CT molecular complexity index is 1060. The molecule has 0 bridgehead atoms. The van der Waals surface area contributed by atoms with Crippen LogP contribution in [-0.4, -0.2) is 62.7 Å². The van der Waals surface area contributed by atoms with Gasteiger partial charge in [-0.25, -0.2) is 9.37 Å². The van der Waals surface area contributed by atoms with Crippen molar-refractivity contribution in [2.45, 2.75) is 44.6 Å². The second-order valence-electron chi connectivity index (χ2n) is 8.88. The normalized spacial score (nSPS) is 20.9. The van der Waals surface area contributed by atoms with E-state index in [1.165, 1.54) is 24.3 Å². The number of aromatic nitrogens is 2. The van der Waals surface area contributed by atoms with Crippen LogP contribution in [0.25, 0.3) is 0 Å². The number of aliphatic hydroxyl groups is 2. The van der Waals surface area contributed by atoms with Gasteiger partial charge in [0.05, 0.1) is 12.7 Å². The lowest BCUT2D eigenvalue weighted by Gasteiger charge is -2.42. The van der Waals surface area contributed by atoms with Gasteiger partial charge in [-0.15, -0.1) is 0 Å². The molecule has 1 aliphatic rings. The summed E-state index contributed by atoms with van der Waals surface area (Å²) >= 11 is 0. The summed E-state index contributed by atoms with van der Waals surface area (Å²) in [6, 6.07) is 13.6. The summed E-state index contributed by atoms with van der Waals surface area (Å²) in [5.41, 5.74) is -0.340. The van der Waals surface area contributed by atoms with Crippen molar-refractivity contribution in [2.75, 3.05) is 26.3 Å². The molecule has 182 valence electrons. The number of aryl methyl sites for hydroxylation is 2. The summed E-state index contributed by atoms with van der Waals surface area (Å²) in [5.74, 6) is 1.91. The molecule has 1 saturated heterocycles. The fraction of sp³-hybridized carbons (Fsp3) is 0.423. The summed E-state index contributed by atoms with van der Waals surface area (Å²) in [6.07, 6.45) is 4.20. The van der Waals surface area contributed by atoms with Crippen LogP contribution >= 0.6 is 0 Å². The van der Waals surface area contributed by atoms with E-state index >= 15 is 0 Å². The van der Waals surface area contributed by atoms with E-state index in [-0.39, 0.29) is 19.0 Å². The van der Waals surface area contributed by atoms with Gasteiger partial charge in [-0.3, -0.25) is 4.90 Å². The Kier molecular flexibility index (Phi) is 7.82. The third-order valence-corrected chi connectivity index (χ3v) is 6.18. The Labute approximate surface area is 199 Å². The van der Waals surface area contributed by atoms with Gasteiger partial charge in [0.2, 0.25) is 0 Å². The molecule has 1 fully saturated rings. The van der Waals surface area contributed by atoms with Crippen molar-refractivity contribution in [1.29, 1.82) is 0 Å². The molecule has 0 saturated carbocycles. The molecule has 0 spiro atoms. The number of imidazole rings is 1. The Hall–Kier alpha value is -2.94. The number of hydrogen-bond acceptors (Lipinski definition) is 6. The minimum Gasteiger partial charge on any atom is -0.494 e. The Morgan fingerprint density at radius 3 is 2.74 bits per heavy atom. The summed E-state index contributed by atoms with van der Waals surface area (Å²) in [7, 11) is 0. The van der Waals surface area contributed by atoms with E-state index in [1.807, 2.05) is 37.4 Å². The first kappa shape index (κ1) is 24.2. The molecule has 0 unspecified atom stereocenters. The van der Waals surface area contributed by atoms with Crippen molar-refractivity contribution >= 4 is 0 Å². The van der Waals surface area contributed by atoms with Crippen LogP contribution in [0.3, 0.4) is 0 Å². The zero-order valence-corrected chi connectivity index (χ0v) is 19.4. The molecule has 0 amide bonds. The molecule has 34 heavy (non-hydrogen) atoms. The van der Waals surface area contributed by atoms with Gasteiger partial charge >= 0.3 is 0 Å². The second-order valence-corrected chi connectivity index (χ2v) is 8.88. The Balaban J connectivity index is 1.28. The van der Waals surface area contributed by atoms with Crippen LogP contribution in [0.5, 0.6) is 11.5 Å². The average molecular weight is 470 g/mol. The fourth-order valence-corrected chi connectivity index (χ4v) is 4.22. The number of ether oxygens (including phenoxy) is 2. The third kappa shape index (κ3) is 6.34. The van der Waals surface area contributed by atoms with E-state index < -0.39 is 11.7 Å². The van der Waals surface area contributed by atoms with Crippen LogP contribution in [-0.2, 0) is 13.1 Å². The number of benzene rings is 2. The molecule has 2 atom stereocenters. The molecule has 1 aliphatic heterocycles. The lowest BCUT2D eigenvalue weighted by atomic mass is 9.90. The molecule has 8 heteroatoms. The second kappa shape index (κ2) is 11.0. The highest BCUT2D eigenvalue weighted by Crippen LogP contribution is 2.26. The Morgan fingerprint density at radius 1 is 1.15 bits per heavy atom. The summed E-state index contributed by atoms with van der Waals surface area (Å²) in [4.78, 5) is 6.33. The fourth-order valence-electron chi connectivity index (χ4n) is 4.22. The van der Waals surface area contributed by atoms with E-state index in [4.69, 9.17) is 9.47 Å². The maximum atomic E-state index is 13.1. The standard InChI is InChI=1S/C26H32FN3O4/c1-20-28-11-14-30(20)12-3-15-33-24-5-2-4-21(16-24)17-29-13-10-25(31)26(32,18-29)19-34-23-8-6-22(27)7-9-23/h2,4-9,11,14,16,25,31-32H,3,10,12-13,15,17-19H2,1H3/t25-,26-/m0/s1. The molecule has 2 N–H and O–H groups in total. The number of halogens is 1. The predicted octanol–water partition coefficient (Wildman–Crippen LogP) is 3.18. The van der Waals surface area contributed by atoms with Crippen molar-refractivity contribution in [3.8, 4) is 11.5 Å². The van der Waals surface area contributed by atoms with Crippen LogP contribution in [0, 0.1) is 12.7 Å². The van der Waals surface area contributed by atoms with Gasteiger partial charge < -0.3 is 24.3 Å². The summed E-state index contributed by atoms with van der Waals surface area (Å²) in [5, 5.41) is 21.5. The predicted molar refractivity (Wildman–Crippen MR) is 126 cm³/mol. The lowest BCUT2D eigenvalue weighted by Crippen LogP contribution is -2.59. The number of aliphatic hydroxyl groups excluding tert-OH is 1. The van der Waals surface area contributed by atoms with E-state index in [0.29, 0.717) is 31.9 Å². The first-order chi connectivity index (χ1) is 16.4. The van der Waals surface area contributed by atoms with Crippen molar-refractivity contribution in [1.82, 2.24) is 14.5 Å². The van der Waals surface area contributed by atoms with Crippen molar-refractivity contribution in [2.24, 2.45) is 0 Å². The molecule has 7 nitrogen and oxygen atoms in total. The molecule has 2 aromatic carbocycles. The van der Waals surface area contributed by atoms with Crippen LogP contribution in [0.4, 0.5) is 4.39 Å². The molecular weight excluding hydrogens is 437 g/mol. The van der Waals surface area contributed by atoms with E-state index in [2.05, 4.69) is 14.5 Å². The van der Waals surface area contributed by atoms with E-state index in [0.717, 1.165) is 30.1 Å². The Morgan fingerprint density at radius 2 is 1.97 bits per heavy atom. The van der Waals surface area contributed by atoms with Crippen LogP contribution in [0.1, 0.15) is 24.2 Å². The summed E-state index contributed by atoms with van der Waals surface area (Å²) < 4.78 is 26.8. The smallest absolute Gasteiger partial charge is 0.137 e. The highest BCUT2D eigenvalue weighted by molar-refractivity contribution is 5.28. The molecule has 2 heterocycles. The number of rotatable bonds is 10. The van der Waals surface area contributed by atoms with Gasteiger partial charge in [0.25, 0.3) is 0 Å². The lowest BCUT2D eigenvalue weighted by molar-refractivity contribution is -0.140. The monoisotopic (exact) mass is 469 g/mol. The van der Waals surface area contributed by atoms with Crippen LogP contribution in [0.2, 0.25) is 0 Å². The minimum atomic E-state index is -1.41. The van der Waals surface area contributed by atoms with Crippen LogP contribution < -0.4 is 9.47 Å². The van der Waals surface area contributed by atoms with Gasteiger partial charge in [0.15, 0.2) is 0 Å². The SMILES string of the molecule is Cc1nccn1CCCOc1cccc(CN2CC[C@H](O)[C@@](O)(COc3ccc(F)cc3)C2)c1. The third-order valence-electron chi connectivity index (χ3n) is 6.18. The maximum absolute atomic E-state index is 13.1. The molecule has 3 aromatic rings. The molecular formula is C26H32FN3O4. The zero-order chi connectivity index (χ0) is 24.0. The van der Waals surface area contributed by atoms with Gasteiger partial charge in [0, 0.05) is 38.6 Å². The van der Waals surface area contributed by atoms with E-state index in [9.17, 15) is 14.6 Å². The number of hydrogen-bond donors (Lipinski definition) is 2. The number of nitrogens with zero attached hydrogens (tertiary/aromatic N) is 3. The number of β-amino-alcohol motifs (C(OH)–C–C–N with tert-alkyl or cyclic N) is 1. The summed E-state index contributed by atoms with van der Waals surface area (Å²) in [6.45, 7) is 4.94. The van der Waals surface area contributed by atoms with E-state index in [1.54, 1.807) is 6.20 Å². The zero-order valence-electron chi connectivity index (χ0n) is 19.4. The highest BCUT2D eigenvalue weighted by atomic mass is 19.1. The minimum absolute atomic E-state index is 0.0736. The molecule has 1 aromatic heterocycles. The number of likely N-dealkylation sites (tertiary alicyclic amines) is 1. The number of piperidine rings is 1. The quantitative estimate of drug-likeness (QED) is 0.444. The van der Waals surface area contributed by atoms with Gasteiger partial charge in [-0.2, -0.15) is 0 Å². The first-order valence-electron chi connectivity index (χ1n) is 11.6. The first-order valence-corrected chi connectivity index (χ1v) is 11.6. The molecule has 4 rings (SSSR count). The van der Waals surface area contributed by atoms with Crippen molar-refractivity contribution < 1.29 is 24.1 Å². The van der Waals surface area contributed by atoms with Gasteiger partial charge in [-0.05, 0) is 61.7 Å².